The van der Waals surface area contributed by atoms with E-state index in [1.165, 1.54) is 11.3 Å². The predicted molar refractivity (Wildman–Crippen MR) is 94.9 cm³/mol. The van der Waals surface area contributed by atoms with Crippen molar-refractivity contribution in [1.82, 2.24) is 20.3 Å². The Kier molecular flexibility index (Phi) is 5.12. The number of aliphatic hydroxyl groups excluding tert-OH is 2. The molecule has 0 radical (unpaired) electrons. The summed E-state index contributed by atoms with van der Waals surface area (Å²) in [7, 11) is 0. The second-order valence-corrected chi connectivity index (χ2v) is 7.18. The van der Waals surface area contributed by atoms with Gasteiger partial charge in [0.1, 0.15) is 16.9 Å². The molecule has 0 saturated carbocycles. The van der Waals surface area contributed by atoms with Crippen LogP contribution < -0.4 is 5.32 Å². The summed E-state index contributed by atoms with van der Waals surface area (Å²) >= 11 is 1.25. The smallest absolute Gasteiger partial charge is 0.252 e. The fourth-order valence-corrected chi connectivity index (χ4v) is 3.52. The molecular weight excluding hydrogens is 340 g/mol. The molecule has 0 aliphatic heterocycles. The van der Waals surface area contributed by atoms with E-state index in [1.54, 1.807) is 12.4 Å². The minimum atomic E-state index is -1.61. The Bertz CT molecular complexity index is 814. The average Bonchev–Trinajstić information content (AvgIpc) is 3.26. The number of para-hydroxylation sites is 1. The zero-order valence-electron chi connectivity index (χ0n) is 13.9. The van der Waals surface area contributed by atoms with Crippen LogP contribution in [0.3, 0.4) is 0 Å². The van der Waals surface area contributed by atoms with Crippen LogP contribution in [0.1, 0.15) is 36.8 Å². The molecule has 0 unspecified atom stereocenters. The Morgan fingerprint density at radius 2 is 2.04 bits per heavy atom. The monoisotopic (exact) mass is 360 g/mol. The number of hydrogen-bond donors (Lipinski definition) is 4. The summed E-state index contributed by atoms with van der Waals surface area (Å²) < 4.78 is 0.889. The van der Waals surface area contributed by atoms with Gasteiger partial charge < -0.3 is 20.5 Å². The molecule has 3 atom stereocenters. The van der Waals surface area contributed by atoms with Gasteiger partial charge in [0, 0.05) is 12.4 Å². The number of imidazole rings is 1. The third kappa shape index (κ3) is 3.71. The highest BCUT2D eigenvalue weighted by Gasteiger charge is 2.31. The number of aromatic amines is 1. The summed E-state index contributed by atoms with van der Waals surface area (Å²) in [6, 6.07) is 7.02. The molecule has 3 aromatic rings. The van der Waals surface area contributed by atoms with E-state index >= 15 is 0 Å². The second kappa shape index (κ2) is 7.30. The van der Waals surface area contributed by atoms with Crippen LogP contribution in [-0.4, -0.2) is 37.2 Å². The van der Waals surface area contributed by atoms with Gasteiger partial charge >= 0.3 is 0 Å². The molecule has 132 valence electrons. The molecule has 8 heteroatoms. The molecule has 0 aliphatic carbocycles. The molecule has 0 aliphatic rings. The maximum Gasteiger partial charge on any atom is 0.252 e. The predicted octanol–water partition coefficient (Wildman–Crippen LogP) is 1.93. The van der Waals surface area contributed by atoms with Crippen LogP contribution >= 0.6 is 11.3 Å². The third-order valence-electron chi connectivity index (χ3n) is 3.91. The van der Waals surface area contributed by atoms with E-state index in [2.05, 4.69) is 20.3 Å². The number of thiazole rings is 1. The van der Waals surface area contributed by atoms with E-state index < -0.39 is 18.1 Å². The van der Waals surface area contributed by atoms with Crippen molar-refractivity contribution in [2.75, 3.05) is 0 Å². The highest BCUT2D eigenvalue weighted by Crippen LogP contribution is 2.28. The van der Waals surface area contributed by atoms with Gasteiger partial charge in [0.15, 0.2) is 6.10 Å². The van der Waals surface area contributed by atoms with Gasteiger partial charge in [0.25, 0.3) is 5.91 Å². The number of carbonyl (C=O) groups is 1. The van der Waals surface area contributed by atoms with Gasteiger partial charge in [-0.15, -0.1) is 11.3 Å². The molecular formula is C17H20N4O3S. The lowest BCUT2D eigenvalue weighted by atomic mass is 10.0. The number of aliphatic hydroxyl groups is 2. The molecule has 7 nitrogen and oxygen atoms in total. The van der Waals surface area contributed by atoms with E-state index in [4.69, 9.17) is 0 Å². The highest BCUT2D eigenvalue weighted by molar-refractivity contribution is 7.18. The molecule has 25 heavy (non-hydrogen) atoms. The van der Waals surface area contributed by atoms with Crippen LogP contribution in [0, 0.1) is 5.92 Å². The number of amides is 1. The number of carbonyl (C=O) groups excluding carboxylic acids is 1. The third-order valence-corrected chi connectivity index (χ3v) is 5.02. The quantitative estimate of drug-likeness (QED) is 0.537. The Morgan fingerprint density at radius 1 is 1.28 bits per heavy atom. The van der Waals surface area contributed by atoms with Gasteiger partial charge in [0.05, 0.1) is 16.3 Å². The highest BCUT2D eigenvalue weighted by atomic mass is 32.1. The summed E-state index contributed by atoms with van der Waals surface area (Å²) in [6.45, 7) is 3.87. The maximum atomic E-state index is 12.4. The number of nitrogens with zero attached hydrogens (tertiary/aromatic N) is 2. The van der Waals surface area contributed by atoms with Crippen LogP contribution in [-0.2, 0) is 4.79 Å². The van der Waals surface area contributed by atoms with Crippen molar-refractivity contribution in [3.63, 3.8) is 0 Å². The first-order valence-corrected chi connectivity index (χ1v) is 8.80. The molecule has 1 amide bonds. The van der Waals surface area contributed by atoms with Gasteiger partial charge in [-0.05, 0) is 18.1 Å². The van der Waals surface area contributed by atoms with Crippen molar-refractivity contribution in [1.29, 1.82) is 0 Å². The minimum absolute atomic E-state index is 0.0573. The van der Waals surface area contributed by atoms with E-state index in [0.29, 0.717) is 10.8 Å². The first-order chi connectivity index (χ1) is 12.0. The SMILES string of the molecule is CC(C)[C@H](NC(=O)[C@H](O)[C@H](O)c1nc2ccccc2s1)c1ncc[nH]1. The van der Waals surface area contributed by atoms with Gasteiger partial charge in [-0.1, -0.05) is 26.0 Å². The first-order valence-electron chi connectivity index (χ1n) is 7.98. The number of aromatic nitrogens is 3. The Balaban J connectivity index is 1.74. The number of nitrogens with one attached hydrogen (secondary N) is 2. The summed E-state index contributed by atoms with van der Waals surface area (Å²) in [5, 5.41) is 23.7. The van der Waals surface area contributed by atoms with Crippen molar-refractivity contribution in [3.05, 3.63) is 47.5 Å². The molecule has 0 saturated heterocycles. The molecule has 1 aromatic carbocycles. The summed E-state index contributed by atoms with van der Waals surface area (Å²) in [6.07, 6.45) is 0.269. The topological polar surface area (TPSA) is 111 Å². The molecule has 4 N–H and O–H groups in total. The molecule has 2 aromatic heterocycles. The molecule has 0 spiro atoms. The van der Waals surface area contributed by atoms with E-state index in [0.717, 1.165) is 10.2 Å². The fourth-order valence-electron chi connectivity index (χ4n) is 2.53. The van der Waals surface area contributed by atoms with Gasteiger partial charge in [-0.3, -0.25) is 4.79 Å². The number of hydrogen-bond acceptors (Lipinski definition) is 6. The number of fused-ring (bicyclic) bond motifs is 1. The first kappa shape index (κ1) is 17.5. The van der Waals surface area contributed by atoms with Gasteiger partial charge in [-0.2, -0.15) is 0 Å². The van der Waals surface area contributed by atoms with Crippen LogP contribution in [0.5, 0.6) is 0 Å². The molecule has 3 rings (SSSR count). The lowest BCUT2D eigenvalue weighted by Crippen LogP contribution is -2.42. The second-order valence-electron chi connectivity index (χ2n) is 6.11. The van der Waals surface area contributed by atoms with Crippen molar-refractivity contribution in [2.45, 2.75) is 32.1 Å². The van der Waals surface area contributed by atoms with Crippen molar-refractivity contribution in [3.8, 4) is 0 Å². The molecule has 2 heterocycles. The lowest BCUT2D eigenvalue weighted by Gasteiger charge is -2.23. The normalized spacial score (nSPS) is 15.2. The van der Waals surface area contributed by atoms with Crippen molar-refractivity contribution in [2.24, 2.45) is 5.92 Å². The summed E-state index contributed by atoms with van der Waals surface area (Å²) in [5.41, 5.74) is 0.727. The van der Waals surface area contributed by atoms with E-state index in [-0.39, 0.29) is 12.0 Å². The van der Waals surface area contributed by atoms with Crippen LogP contribution in [0.25, 0.3) is 10.2 Å². The van der Waals surface area contributed by atoms with E-state index in [1.807, 2.05) is 38.1 Å². The minimum Gasteiger partial charge on any atom is -0.383 e. The van der Waals surface area contributed by atoms with Crippen molar-refractivity contribution < 1.29 is 15.0 Å². The summed E-state index contributed by atoms with van der Waals surface area (Å²) in [4.78, 5) is 23.8. The lowest BCUT2D eigenvalue weighted by molar-refractivity contribution is -0.136. The van der Waals surface area contributed by atoms with Gasteiger partial charge in [-0.25, -0.2) is 9.97 Å². The summed E-state index contributed by atoms with van der Waals surface area (Å²) in [5.74, 6) is -0.00576. The van der Waals surface area contributed by atoms with E-state index in [9.17, 15) is 15.0 Å². The number of H-pyrrole nitrogens is 1. The largest absolute Gasteiger partial charge is 0.383 e. The van der Waals surface area contributed by atoms with Gasteiger partial charge in [0.2, 0.25) is 0 Å². The van der Waals surface area contributed by atoms with Crippen LogP contribution in [0.15, 0.2) is 36.7 Å². The number of rotatable bonds is 6. The Morgan fingerprint density at radius 3 is 2.68 bits per heavy atom. The zero-order valence-corrected chi connectivity index (χ0v) is 14.7. The van der Waals surface area contributed by atoms with Crippen LogP contribution in [0.4, 0.5) is 0 Å². The Hall–Kier alpha value is -2.29. The molecule has 0 bridgehead atoms. The number of benzene rings is 1. The average molecular weight is 360 g/mol. The van der Waals surface area contributed by atoms with Crippen molar-refractivity contribution >= 4 is 27.5 Å². The van der Waals surface area contributed by atoms with Crippen LogP contribution in [0.2, 0.25) is 0 Å². The zero-order chi connectivity index (χ0) is 18.0. The molecule has 0 fully saturated rings. The maximum absolute atomic E-state index is 12.4. The Labute approximate surface area is 148 Å². The fraction of sp³-hybridized carbons (Fsp3) is 0.353. The standard InChI is InChI=1S/C17H20N4O3S/c1-9(2)12(15-18-7-8-19-15)21-16(24)13(22)14(23)17-20-10-5-3-4-6-11(10)25-17/h3-9,12-14,22-23H,1-2H3,(H,18,19)(H,21,24)/t12-,13+,14-/m0/s1.